The van der Waals surface area contributed by atoms with Crippen molar-refractivity contribution < 1.29 is 9.47 Å². The normalized spacial score (nSPS) is 10.3. The van der Waals surface area contributed by atoms with E-state index >= 15 is 0 Å². The van der Waals surface area contributed by atoms with Crippen LogP contribution in [0.15, 0.2) is 48.5 Å². The zero-order valence-corrected chi connectivity index (χ0v) is 15.5. The fourth-order valence-electron chi connectivity index (χ4n) is 2.42. The van der Waals surface area contributed by atoms with Crippen molar-refractivity contribution in [1.29, 1.82) is 0 Å². The molecule has 3 rings (SSSR count). The fourth-order valence-corrected chi connectivity index (χ4v) is 2.54. The number of nitrogens with one attached hydrogen (secondary N) is 2. The van der Waals surface area contributed by atoms with Gasteiger partial charge in [0.1, 0.15) is 29.0 Å². The van der Waals surface area contributed by atoms with Gasteiger partial charge >= 0.3 is 0 Å². The standard InChI is InChI=1S/C19H19ClN4O2/c1-12-21-18(23-14-6-4-13(20)5-7-14)11-19(22-12)24-16-9-8-15(25-2)10-17(16)26-3/h4-11H,1-3H3,(H2,21,22,23,24). The smallest absolute Gasteiger partial charge is 0.146 e. The Hall–Kier alpha value is -2.99. The highest BCUT2D eigenvalue weighted by atomic mass is 35.5. The van der Waals surface area contributed by atoms with Crippen LogP contribution in [0.2, 0.25) is 5.02 Å². The highest BCUT2D eigenvalue weighted by Gasteiger charge is 2.08. The maximum Gasteiger partial charge on any atom is 0.146 e. The van der Waals surface area contributed by atoms with Gasteiger partial charge in [-0.2, -0.15) is 0 Å². The molecule has 0 aliphatic heterocycles. The number of benzene rings is 2. The van der Waals surface area contributed by atoms with Crippen LogP contribution >= 0.6 is 11.6 Å². The van der Waals surface area contributed by atoms with Crippen molar-refractivity contribution in [2.75, 3.05) is 24.9 Å². The Morgan fingerprint density at radius 3 is 2.19 bits per heavy atom. The predicted molar refractivity (Wildman–Crippen MR) is 104 cm³/mol. The molecule has 6 nitrogen and oxygen atoms in total. The first-order valence-corrected chi connectivity index (χ1v) is 8.32. The molecule has 0 spiro atoms. The van der Waals surface area contributed by atoms with Crippen molar-refractivity contribution in [1.82, 2.24) is 9.97 Å². The summed E-state index contributed by atoms with van der Waals surface area (Å²) >= 11 is 5.92. The summed E-state index contributed by atoms with van der Waals surface area (Å²) in [4.78, 5) is 8.85. The number of hydrogen-bond donors (Lipinski definition) is 2. The van der Waals surface area contributed by atoms with E-state index in [0.717, 1.165) is 17.1 Å². The van der Waals surface area contributed by atoms with E-state index in [-0.39, 0.29) is 0 Å². The monoisotopic (exact) mass is 370 g/mol. The number of halogens is 1. The van der Waals surface area contributed by atoms with Crippen molar-refractivity contribution >= 4 is 34.6 Å². The second-order valence-corrected chi connectivity index (χ2v) is 5.95. The Labute approximate surface area is 157 Å². The lowest BCUT2D eigenvalue weighted by Crippen LogP contribution is -2.02. The maximum atomic E-state index is 5.92. The molecule has 7 heteroatoms. The van der Waals surface area contributed by atoms with Crippen molar-refractivity contribution in [2.24, 2.45) is 0 Å². The number of ether oxygens (including phenoxy) is 2. The Bertz CT molecular complexity index is 901. The van der Waals surface area contributed by atoms with Gasteiger partial charge in [0.15, 0.2) is 0 Å². The molecule has 2 aromatic carbocycles. The van der Waals surface area contributed by atoms with Crippen LogP contribution in [0, 0.1) is 6.92 Å². The van der Waals surface area contributed by atoms with Gasteiger partial charge in [0.05, 0.1) is 19.9 Å². The van der Waals surface area contributed by atoms with Crippen LogP contribution in [0.5, 0.6) is 11.5 Å². The van der Waals surface area contributed by atoms with Crippen LogP contribution in [0.1, 0.15) is 5.82 Å². The summed E-state index contributed by atoms with van der Waals surface area (Å²) in [6, 6.07) is 14.8. The molecule has 0 bridgehead atoms. The third kappa shape index (κ3) is 4.34. The SMILES string of the molecule is COc1ccc(Nc2cc(Nc3ccc(Cl)cc3)nc(C)n2)c(OC)c1. The second kappa shape index (κ2) is 7.93. The number of aryl methyl sites for hydroxylation is 1. The molecular formula is C19H19ClN4O2. The molecule has 1 heterocycles. The molecule has 0 radical (unpaired) electrons. The molecule has 0 saturated heterocycles. The first kappa shape index (κ1) is 17.8. The molecule has 0 unspecified atom stereocenters. The third-order valence-electron chi connectivity index (χ3n) is 3.63. The number of rotatable bonds is 6. The summed E-state index contributed by atoms with van der Waals surface area (Å²) < 4.78 is 10.6. The van der Waals surface area contributed by atoms with Crippen LogP contribution in [0.25, 0.3) is 0 Å². The van der Waals surface area contributed by atoms with Gasteiger partial charge in [-0.15, -0.1) is 0 Å². The van der Waals surface area contributed by atoms with E-state index < -0.39 is 0 Å². The average Bonchev–Trinajstić information content (AvgIpc) is 2.63. The van der Waals surface area contributed by atoms with Crippen molar-refractivity contribution in [3.8, 4) is 11.5 Å². The zero-order valence-electron chi connectivity index (χ0n) is 14.7. The molecule has 0 saturated carbocycles. The summed E-state index contributed by atoms with van der Waals surface area (Å²) in [6.07, 6.45) is 0. The number of methoxy groups -OCH3 is 2. The van der Waals surface area contributed by atoms with Gasteiger partial charge in [0, 0.05) is 22.8 Å². The van der Waals surface area contributed by atoms with Crippen molar-refractivity contribution in [3.63, 3.8) is 0 Å². The predicted octanol–water partition coefficient (Wildman–Crippen LogP) is 4.94. The van der Waals surface area contributed by atoms with Crippen molar-refractivity contribution in [3.05, 3.63) is 59.4 Å². The second-order valence-electron chi connectivity index (χ2n) is 5.51. The number of anilines is 4. The largest absolute Gasteiger partial charge is 0.497 e. The van der Waals surface area contributed by atoms with Crippen LogP contribution in [0.4, 0.5) is 23.0 Å². The molecule has 0 amide bonds. The molecule has 0 aliphatic rings. The summed E-state index contributed by atoms with van der Waals surface area (Å²) in [6.45, 7) is 1.84. The third-order valence-corrected chi connectivity index (χ3v) is 3.88. The van der Waals surface area contributed by atoms with Gasteiger partial charge in [-0.3, -0.25) is 0 Å². The van der Waals surface area contributed by atoms with E-state index in [4.69, 9.17) is 21.1 Å². The first-order valence-electron chi connectivity index (χ1n) is 7.94. The molecule has 0 fully saturated rings. The number of aromatic nitrogens is 2. The Balaban J connectivity index is 1.85. The van der Waals surface area contributed by atoms with Gasteiger partial charge in [0.2, 0.25) is 0 Å². The molecule has 0 atom stereocenters. The molecule has 26 heavy (non-hydrogen) atoms. The van der Waals surface area contributed by atoms with E-state index in [1.165, 1.54) is 0 Å². The minimum absolute atomic E-state index is 0.638. The molecular weight excluding hydrogens is 352 g/mol. The Morgan fingerprint density at radius 1 is 0.846 bits per heavy atom. The zero-order chi connectivity index (χ0) is 18.5. The summed E-state index contributed by atoms with van der Waals surface area (Å²) in [5, 5.41) is 7.19. The molecule has 3 aromatic rings. The lowest BCUT2D eigenvalue weighted by atomic mass is 10.2. The highest BCUT2D eigenvalue weighted by molar-refractivity contribution is 6.30. The summed E-state index contributed by atoms with van der Waals surface area (Å²) in [5.41, 5.74) is 1.67. The lowest BCUT2D eigenvalue weighted by Gasteiger charge is -2.13. The summed E-state index contributed by atoms with van der Waals surface area (Å²) in [5.74, 6) is 3.34. The van der Waals surface area contributed by atoms with Crippen LogP contribution < -0.4 is 20.1 Å². The average molecular weight is 371 g/mol. The highest BCUT2D eigenvalue weighted by Crippen LogP contribution is 2.31. The Kier molecular flexibility index (Phi) is 5.43. The minimum atomic E-state index is 0.638. The Morgan fingerprint density at radius 2 is 1.54 bits per heavy atom. The molecule has 134 valence electrons. The maximum absolute atomic E-state index is 5.92. The lowest BCUT2D eigenvalue weighted by molar-refractivity contribution is 0.395. The molecule has 2 N–H and O–H groups in total. The van der Waals surface area contributed by atoms with E-state index in [1.54, 1.807) is 14.2 Å². The van der Waals surface area contributed by atoms with Gasteiger partial charge in [-0.1, -0.05) is 11.6 Å². The van der Waals surface area contributed by atoms with E-state index in [1.807, 2.05) is 55.5 Å². The quantitative estimate of drug-likeness (QED) is 0.640. The van der Waals surface area contributed by atoms with Gasteiger partial charge in [-0.05, 0) is 43.3 Å². The fraction of sp³-hybridized carbons (Fsp3) is 0.158. The van der Waals surface area contributed by atoms with Crippen molar-refractivity contribution in [2.45, 2.75) is 6.92 Å². The van der Waals surface area contributed by atoms with Crippen LogP contribution in [-0.4, -0.2) is 24.2 Å². The molecule has 0 aliphatic carbocycles. The van der Waals surface area contributed by atoms with Crippen LogP contribution in [-0.2, 0) is 0 Å². The molecule has 1 aromatic heterocycles. The summed E-state index contributed by atoms with van der Waals surface area (Å²) in [7, 11) is 3.23. The topological polar surface area (TPSA) is 68.3 Å². The van der Waals surface area contributed by atoms with Gasteiger partial charge in [0.25, 0.3) is 0 Å². The number of nitrogens with zero attached hydrogens (tertiary/aromatic N) is 2. The van der Waals surface area contributed by atoms with Gasteiger partial charge < -0.3 is 20.1 Å². The van der Waals surface area contributed by atoms with Gasteiger partial charge in [-0.25, -0.2) is 9.97 Å². The van der Waals surface area contributed by atoms with E-state index in [0.29, 0.717) is 28.2 Å². The first-order chi connectivity index (χ1) is 12.6. The number of hydrogen-bond acceptors (Lipinski definition) is 6. The van der Waals surface area contributed by atoms with E-state index in [9.17, 15) is 0 Å². The van der Waals surface area contributed by atoms with Crippen LogP contribution in [0.3, 0.4) is 0 Å². The minimum Gasteiger partial charge on any atom is -0.497 e. The van der Waals surface area contributed by atoms with E-state index in [2.05, 4.69) is 20.6 Å².